The van der Waals surface area contributed by atoms with E-state index in [-0.39, 0.29) is 5.82 Å². The van der Waals surface area contributed by atoms with E-state index in [0.717, 1.165) is 16.5 Å². The number of methoxy groups -OCH3 is 1. The molecule has 0 aliphatic rings. The summed E-state index contributed by atoms with van der Waals surface area (Å²) in [7, 11) is 1.34. The number of ether oxygens (including phenoxy) is 1. The van der Waals surface area contributed by atoms with Gasteiger partial charge in [-0.3, -0.25) is 0 Å². The Morgan fingerprint density at radius 1 is 1.17 bits per heavy atom. The minimum absolute atomic E-state index is 0.265. The van der Waals surface area contributed by atoms with Crippen molar-refractivity contribution in [2.45, 2.75) is 26.0 Å². The maximum atomic E-state index is 11.9. The van der Waals surface area contributed by atoms with Crippen LogP contribution in [-0.2, 0) is 11.3 Å². The number of anilines is 1. The summed E-state index contributed by atoms with van der Waals surface area (Å²) < 4.78 is 6.77. The van der Waals surface area contributed by atoms with Crippen molar-refractivity contribution in [1.29, 1.82) is 0 Å². The van der Waals surface area contributed by atoms with Gasteiger partial charge >= 0.3 is 5.97 Å². The van der Waals surface area contributed by atoms with E-state index in [9.17, 15) is 9.90 Å². The van der Waals surface area contributed by atoms with E-state index in [0.29, 0.717) is 29.0 Å². The third kappa shape index (κ3) is 3.40. The quantitative estimate of drug-likeness (QED) is 0.518. The highest BCUT2D eigenvalue weighted by molar-refractivity contribution is 6.09. The van der Waals surface area contributed by atoms with Gasteiger partial charge in [-0.2, -0.15) is 0 Å². The van der Waals surface area contributed by atoms with Crippen molar-refractivity contribution in [3.8, 4) is 11.4 Å². The molecule has 0 radical (unpaired) electrons. The first-order valence-corrected chi connectivity index (χ1v) is 9.24. The molecule has 0 saturated heterocycles. The standard InChI is InChI=1S/C22H22N4O3/c1-22(2,28)12-26-18-15-10-9-14(21(27)29-3)11-16(15)24-19(23)17(18)25-20(26)13-7-5-4-6-8-13/h4-11,28H,12H2,1-3H3,(H2,23,24). The van der Waals surface area contributed by atoms with Crippen LogP contribution in [0.25, 0.3) is 33.3 Å². The second-order valence-corrected chi connectivity index (χ2v) is 7.62. The minimum Gasteiger partial charge on any atom is -0.465 e. The number of esters is 1. The summed E-state index contributed by atoms with van der Waals surface area (Å²) in [6.45, 7) is 3.80. The van der Waals surface area contributed by atoms with Crippen molar-refractivity contribution in [2.75, 3.05) is 12.8 Å². The number of pyridine rings is 1. The predicted octanol–water partition coefficient (Wildman–Crippen LogP) is 3.39. The number of nitrogen functional groups attached to an aromatic ring is 1. The van der Waals surface area contributed by atoms with Crippen LogP contribution in [0.1, 0.15) is 24.2 Å². The lowest BCUT2D eigenvalue weighted by molar-refractivity contribution is 0.0599. The summed E-state index contributed by atoms with van der Waals surface area (Å²) in [5, 5.41) is 11.3. The highest BCUT2D eigenvalue weighted by Crippen LogP contribution is 2.34. The zero-order chi connectivity index (χ0) is 20.8. The molecule has 4 rings (SSSR count). The number of hydrogen-bond donors (Lipinski definition) is 2. The van der Waals surface area contributed by atoms with Gasteiger partial charge in [0.2, 0.25) is 0 Å². The lowest BCUT2D eigenvalue weighted by Crippen LogP contribution is -2.26. The van der Waals surface area contributed by atoms with E-state index in [1.165, 1.54) is 7.11 Å². The third-order valence-corrected chi connectivity index (χ3v) is 4.70. The molecule has 29 heavy (non-hydrogen) atoms. The molecule has 2 aromatic heterocycles. The number of nitrogens with zero attached hydrogens (tertiary/aromatic N) is 3. The summed E-state index contributed by atoms with van der Waals surface area (Å²) in [6, 6.07) is 14.9. The molecule has 0 bridgehead atoms. The van der Waals surface area contributed by atoms with E-state index < -0.39 is 11.6 Å². The van der Waals surface area contributed by atoms with Crippen molar-refractivity contribution in [1.82, 2.24) is 14.5 Å². The zero-order valence-electron chi connectivity index (χ0n) is 16.5. The average Bonchev–Trinajstić information content (AvgIpc) is 3.06. The van der Waals surface area contributed by atoms with Crippen LogP contribution in [-0.4, -0.2) is 38.3 Å². The average molecular weight is 390 g/mol. The van der Waals surface area contributed by atoms with Gasteiger partial charge in [-0.25, -0.2) is 14.8 Å². The number of carbonyl (C=O) groups is 1. The van der Waals surface area contributed by atoms with Crippen molar-refractivity contribution >= 4 is 33.7 Å². The van der Waals surface area contributed by atoms with Crippen LogP contribution in [0.3, 0.4) is 0 Å². The Morgan fingerprint density at radius 3 is 2.55 bits per heavy atom. The lowest BCUT2D eigenvalue weighted by atomic mass is 10.1. The fourth-order valence-corrected chi connectivity index (χ4v) is 3.50. The number of hydrogen-bond acceptors (Lipinski definition) is 6. The molecule has 7 heteroatoms. The van der Waals surface area contributed by atoms with E-state index in [4.69, 9.17) is 15.5 Å². The molecule has 0 aliphatic carbocycles. The first-order chi connectivity index (χ1) is 13.8. The van der Waals surface area contributed by atoms with E-state index in [1.807, 2.05) is 41.0 Å². The van der Waals surface area contributed by atoms with Gasteiger partial charge in [-0.05, 0) is 32.0 Å². The highest BCUT2D eigenvalue weighted by Gasteiger charge is 2.23. The molecule has 2 aromatic carbocycles. The third-order valence-electron chi connectivity index (χ3n) is 4.70. The summed E-state index contributed by atoms with van der Waals surface area (Å²) in [4.78, 5) is 21.1. The molecular formula is C22H22N4O3. The van der Waals surface area contributed by atoms with Crippen molar-refractivity contribution in [3.05, 3.63) is 54.1 Å². The number of aliphatic hydroxyl groups is 1. The van der Waals surface area contributed by atoms with Crippen molar-refractivity contribution in [2.24, 2.45) is 0 Å². The Morgan fingerprint density at radius 2 is 1.90 bits per heavy atom. The Labute approximate surface area is 167 Å². The first kappa shape index (κ1) is 18.9. The largest absolute Gasteiger partial charge is 0.465 e. The van der Waals surface area contributed by atoms with E-state index >= 15 is 0 Å². The molecule has 148 valence electrons. The van der Waals surface area contributed by atoms with Gasteiger partial charge in [-0.15, -0.1) is 0 Å². The second kappa shape index (κ2) is 6.86. The highest BCUT2D eigenvalue weighted by atomic mass is 16.5. The van der Waals surface area contributed by atoms with Gasteiger partial charge in [-0.1, -0.05) is 30.3 Å². The molecule has 4 aromatic rings. The molecule has 3 N–H and O–H groups in total. The lowest BCUT2D eigenvalue weighted by Gasteiger charge is -2.21. The van der Waals surface area contributed by atoms with Crippen LogP contribution in [0.4, 0.5) is 5.82 Å². The van der Waals surface area contributed by atoms with Crippen molar-refractivity contribution < 1.29 is 14.6 Å². The zero-order valence-corrected chi connectivity index (χ0v) is 16.5. The molecule has 7 nitrogen and oxygen atoms in total. The Kier molecular flexibility index (Phi) is 4.47. The topological polar surface area (TPSA) is 103 Å². The summed E-state index contributed by atoms with van der Waals surface area (Å²) in [5.41, 5.74) is 8.46. The number of aromatic nitrogens is 3. The molecule has 0 fully saturated rings. The van der Waals surface area contributed by atoms with Crippen LogP contribution < -0.4 is 5.73 Å². The van der Waals surface area contributed by atoms with Gasteiger partial charge in [0.05, 0.1) is 35.9 Å². The minimum atomic E-state index is -0.979. The maximum Gasteiger partial charge on any atom is 0.337 e. The van der Waals surface area contributed by atoms with E-state index in [2.05, 4.69) is 4.98 Å². The number of imidazole rings is 1. The molecule has 2 heterocycles. The van der Waals surface area contributed by atoms with Gasteiger partial charge in [0.1, 0.15) is 11.3 Å². The van der Waals surface area contributed by atoms with Crippen LogP contribution in [0.5, 0.6) is 0 Å². The predicted molar refractivity (Wildman–Crippen MR) is 113 cm³/mol. The number of rotatable bonds is 4. The van der Waals surface area contributed by atoms with Crippen LogP contribution in [0, 0.1) is 0 Å². The Balaban J connectivity index is 2.08. The molecular weight excluding hydrogens is 368 g/mol. The number of benzene rings is 2. The monoisotopic (exact) mass is 390 g/mol. The number of fused-ring (bicyclic) bond motifs is 3. The van der Waals surface area contributed by atoms with Gasteiger partial charge in [0.25, 0.3) is 0 Å². The maximum absolute atomic E-state index is 11.9. The fourth-order valence-electron chi connectivity index (χ4n) is 3.50. The normalized spacial score (nSPS) is 11.9. The van der Waals surface area contributed by atoms with Gasteiger partial charge in [0.15, 0.2) is 5.82 Å². The summed E-state index contributed by atoms with van der Waals surface area (Å²) in [6.07, 6.45) is 0. The molecule has 0 amide bonds. The van der Waals surface area contributed by atoms with Crippen LogP contribution >= 0.6 is 0 Å². The Hall–Kier alpha value is -3.45. The molecule has 0 aliphatic heterocycles. The van der Waals surface area contributed by atoms with Crippen molar-refractivity contribution in [3.63, 3.8) is 0 Å². The number of nitrogens with two attached hydrogens (primary N) is 1. The van der Waals surface area contributed by atoms with E-state index in [1.54, 1.807) is 26.0 Å². The second-order valence-electron chi connectivity index (χ2n) is 7.62. The van der Waals surface area contributed by atoms with Gasteiger partial charge < -0.3 is 20.1 Å². The number of carbonyl (C=O) groups excluding carboxylic acids is 1. The Bertz CT molecular complexity index is 1220. The smallest absolute Gasteiger partial charge is 0.337 e. The molecule has 0 spiro atoms. The van der Waals surface area contributed by atoms with Gasteiger partial charge in [0, 0.05) is 10.9 Å². The molecule has 0 atom stereocenters. The fraction of sp³-hybridized carbons (Fsp3) is 0.227. The SMILES string of the molecule is COC(=O)c1ccc2c(c1)nc(N)c1nc(-c3ccccc3)n(CC(C)(C)O)c12. The summed E-state index contributed by atoms with van der Waals surface area (Å²) in [5.74, 6) is 0.518. The molecule has 0 unspecified atom stereocenters. The van der Waals surface area contributed by atoms with Crippen LogP contribution in [0.15, 0.2) is 48.5 Å². The first-order valence-electron chi connectivity index (χ1n) is 9.24. The molecule has 0 saturated carbocycles. The van der Waals surface area contributed by atoms with Crippen LogP contribution in [0.2, 0.25) is 0 Å². The summed E-state index contributed by atoms with van der Waals surface area (Å²) >= 11 is 0.